The number of carbonyl (C=O) groups is 2. The fourth-order valence-electron chi connectivity index (χ4n) is 6.83. The summed E-state index contributed by atoms with van der Waals surface area (Å²) in [6.45, 7) is 11.1. The highest BCUT2D eigenvalue weighted by atomic mass is 19.4. The van der Waals surface area contributed by atoms with Crippen molar-refractivity contribution in [3.8, 4) is 11.1 Å². The third-order valence-corrected chi connectivity index (χ3v) is 9.61. The molecule has 292 valence electrons. The van der Waals surface area contributed by atoms with Gasteiger partial charge >= 0.3 is 12.1 Å². The zero-order valence-corrected chi connectivity index (χ0v) is 31.5. The fraction of sp³-hybridized carbons (Fsp3) is 0.452. The van der Waals surface area contributed by atoms with E-state index >= 15 is 4.39 Å². The lowest BCUT2D eigenvalue weighted by Gasteiger charge is -2.26. The highest BCUT2D eigenvalue weighted by molar-refractivity contribution is 5.82. The molecule has 1 N–H and O–H groups in total. The molecule has 54 heavy (non-hydrogen) atoms. The van der Waals surface area contributed by atoms with E-state index in [2.05, 4.69) is 18.5 Å². The van der Waals surface area contributed by atoms with Crippen molar-refractivity contribution in [2.45, 2.75) is 95.8 Å². The van der Waals surface area contributed by atoms with E-state index in [0.29, 0.717) is 29.2 Å². The van der Waals surface area contributed by atoms with Gasteiger partial charge in [0.2, 0.25) is 5.91 Å². The van der Waals surface area contributed by atoms with E-state index in [1.807, 2.05) is 6.08 Å². The van der Waals surface area contributed by atoms with Crippen LogP contribution in [0.2, 0.25) is 0 Å². The number of hydrogen-bond donors (Lipinski definition) is 1. The van der Waals surface area contributed by atoms with E-state index in [9.17, 15) is 31.9 Å². The Morgan fingerprint density at radius 1 is 1.04 bits per heavy atom. The zero-order chi connectivity index (χ0) is 39.7. The number of esters is 1. The van der Waals surface area contributed by atoms with Gasteiger partial charge in [-0.2, -0.15) is 13.2 Å². The van der Waals surface area contributed by atoms with Crippen molar-refractivity contribution in [3.63, 3.8) is 0 Å². The number of aryl methyl sites for hydroxylation is 2. The number of nitrogens with zero attached hydrogens (tertiary/aromatic N) is 2. The molecule has 0 aliphatic heterocycles. The van der Waals surface area contributed by atoms with E-state index in [-0.39, 0.29) is 43.0 Å². The number of allylic oxidation sites excluding steroid dienone is 2. The minimum atomic E-state index is -4.81. The summed E-state index contributed by atoms with van der Waals surface area (Å²) in [6, 6.07) is 4.01. The third kappa shape index (κ3) is 10.8. The molecule has 0 radical (unpaired) electrons. The number of aromatic nitrogens is 1. The number of carbonyl (C=O) groups excluding carboxylic acids is 2. The first-order valence-electron chi connectivity index (χ1n) is 18.4. The summed E-state index contributed by atoms with van der Waals surface area (Å²) in [7, 11) is 3.40. The first kappa shape index (κ1) is 42.2. The number of amides is 1. The molecular weight excluding hydrogens is 705 g/mol. The molecule has 1 heterocycles. The van der Waals surface area contributed by atoms with Crippen LogP contribution in [0.15, 0.2) is 66.6 Å². The van der Waals surface area contributed by atoms with Crippen LogP contribution in [0.25, 0.3) is 11.1 Å². The van der Waals surface area contributed by atoms with Crippen LogP contribution in [0.1, 0.15) is 103 Å². The highest BCUT2D eigenvalue weighted by Gasteiger charge is 2.36. The minimum absolute atomic E-state index is 0.000858. The summed E-state index contributed by atoms with van der Waals surface area (Å²) in [5.74, 6) is -2.66. The predicted octanol–water partition coefficient (Wildman–Crippen LogP) is 8.93. The van der Waals surface area contributed by atoms with E-state index < -0.39 is 59.3 Å². The van der Waals surface area contributed by atoms with Gasteiger partial charge in [-0.05, 0) is 143 Å². The van der Waals surface area contributed by atoms with E-state index in [1.54, 1.807) is 45.0 Å². The van der Waals surface area contributed by atoms with Crippen molar-refractivity contribution in [2.24, 2.45) is 0 Å². The van der Waals surface area contributed by atoms with Gasteiger partial charge in [-0.25, -0.2) is 8.78 Å². The van der Waals surface area contributed by atoms with Crippen LogP contribution in [0.3, 0.4) is 0 Å². The molecule has 12 heteroatoms. The molecule has 0 unspecified atom stereocenters. The molecular formula is C42H50F5N3O4. The summed E-state index contributed by atoms with van der Waals surface area (Å²) >= 11 is 0. The number of ether oxygens (including phenoxy) is 1. The van der Waals surface area contributed by atoms with Gasteiger partial charge in [-0.1, -0.05) is 12.2 Å². The molecule has 4 rings (SSSR count). The van der Waals surface area contributed by atoms with Crippen molar-refractivity contribution < 1.29 is 36.3 Å². The maximum atomic E-state index is 16.7. The van der Waals surface area contributed by atoms with Crippen LogP contribution in [0, 0.1) is 18.6 Å². The lowest BCUT2D eigenvalue weighted by Crippen LogP contribution is -2.40. The second kappa shape index (κ2) is 18.6. The maximum absolute atomic E-state index is 16.7. The molecule has 0 saturated heterocycles. The van der Waals surface area contributed by atoms with Crippen molar-refractivity contribution >= 4 is 11.9 Å². The molecule has 0 spiro atoms. The van der Waals surface area contributed by atoms with Crippen molar-refractivity contribution in [2.75, 3.05) is 27.2 Å². The van der Waals surface area contributed by atoms with Crippen LogP contribution < -0.4 is 10.9 Å². The molecule has 1 aromatic heterocycles. The predicted molar refractivity (Wildman–Crippen MR) is 200 cm³/mol. The molecule has 2 aromatic carbocycles. The number of alkyl halides is 3. The Labute approximate surface area is 313 Å². The van der Waals surface area contributed by atoms with Gasteiger partial charge in [0.1, 0.15) is 17.7 Å². The molecule has 1 amide bonds. The smallest absolute Gasteiger partial charge is 0.416 e. The molecule has 0 bridgehead atoms. The number of benzene rings is 2. The second-order valence-electron chi connectivity index (χ2n) is 14.2. The third-order valence-electron chi connectivity index (χ3n) is 9.61. The summed E-state index contributed by atoms with van der Waals surface area (Å²) in [5, 5.41) is 2.75. The van der Waals surface area contributed by atoms with Crippen LogP contribution in [0.4, 0.5) is 22.0 Å². The quantitative estimate of drug-likeness (QED) is 0.0572. The summed E-state index contributed by atoms with van der Waals surface area (Å²) in [4.78, 5) is 42.2. The SMILES string of the molecule is C=CCCCCc1cc(F)cc(C)c1-c1cc(C2CC2)c(F)c([C@H](CC(=O)OCC)NC(=O)[C@H](CC=C)n2cc(CCN(C)C)c(C(F)(F)F)cc2=O)c1. The molecule has 3 aromatic rings. The lowest BCUT2D eigenvalue weighted by molar-refractivity contribution is -0.144. The van der Waals surface area contributed by atoms with Crippen LogP contribution in [-0.2, 0) is 33.3 Å². The van der Waals surface area contributed by atoms with Gasteiger partial charge in [0.05, 0.1) is 24.6 Å². The average Bonchev–Trinajstić information content (AvgIpc) is 3.94. The van der Waals surface area contributed by atoms with E-state index in [1.165, 1.54) is 18.2 Å². The van der Waals surface area contributed by atoms with Crippen LogP contribution in [0.5, 0.6) is 0 Å². The molecule has 7 nitrogen and oxygen atoms in total. The molecule has 1 aliphatic rings. The van der Waals surface area contributed by atoms with E-state index in [4.69, 9.17) is 4.74 Å². The first-order chi connectivity index (χ1) is 25.6. The summed E-state index contributed by atoms with van der Waals surface area (Å²) in [5.41, 5.74) is 0.771. The maximum Gasteiger partial charge on any atom is 0.416 e. The van der Waals surface area contributed by atoms with Crippen molar-refractivity contribution in [1.82, 2.24) is 14.8 Å². The molecule has 1 fully saturated rings. The fourth-order valence-corrected chi connectivity index (χ4v) is 6.83. The van der Waals surface area contributed by atoms with Gasteiger partial charge in [-0.3, -0.25) is 14.4 Å². The largest absolute Gasteiger partial charge is 0.466 e. The van der Waals surface area contributed by atoms with Crippen LogP contribution in [-0.4, -0.2) is 48.6 Å². The molecule has 2 atom stereocenters. The Bertz CT molecular complexity index is 1900. The second-order valence-corrected chi connectivity index (χ2v) is 14.2. The zero-order valence-electron chi connectivity index (χ0n) is 31.5. The Morgan fingerprint density at radius 2 is 1.76 bits per heavy atom. The summed E-state index contributed by atoms with van der Waals surface area (Å²) in [6.07, 6.45) is 3.16. The van der Waals surface area contributed by atoms with Gasteiger partial charge in [-0.15, -0.1) is 13.2 Å². The molecule has 1 aliphatic carbocycles. The normalized spacial score (nSPS) is 14.1. The topological polar surface area (TPSA) is 80.6 Å². The number of nitrogens with one attached hydrogen (secondary N) is 1. The Balaban J connectivity index is 1.85. The highest BCUT2D eigenvalue weighted by Crippen LogP contribution is 2.45. The number of pyridine rings is 1. The average molecular weight is 756 g/mol. The number of unbranched alkanes of at least 4 members (excludes halogenated alkanes) is 2. The number of rotatable bonds is 19. The summed E-state index contributed by atoms with van der Waals surface area (Å²) < 4.78 is 79.7. The Kier molecular flexibility index (Phi) is 14.6. The van der Waals surface area contributed by atoms with Gasteiger partial charge in [0.25, 0.3) is 5.56 Å². The van der Waals surface area contributed by atoms with Crippen molar-refractivity contribution in [1.29, 1.82) is 0 Å². The number of hydrogen-bond acceptors (Lipinski definition) is 5. The number of likely N-dealkylation sites (N-methyl/N-ethyl adjacent to an activating group) is 1. The number of halogens is 5. The van der Waals surface area contributed by atoms with Gasteiger partial charge in [0, 0.05) is 24.4 Å². The Morgan fingerprint density at radius 3 is 2.37 bits per heavy atom. The standard InChI is InChI=1S/C42H50F5N3O4/c1-7-10-11-12-14-28-20-31(43)19-26(4)39(28)30-21-32(27-15-16-27)40(44)33(22-30)35(24-38(52)54-9-3)48-41(53)36(13-8-2)50-25-29(17-18-49(5)6)34(23-37(50)51)42(45,46)47/h7-8,19-23,25,27,35-36H,1-2,9-18,24H2,3-6H3,(H,48,53)/t35-,36-/m0/s1. The Hall–Kier alpha value is -4.58. The monoisotopic (exact) mass is 755 g/mol. The van der Waals surface area contributed by atoms with E-state index in [0.717, 1.165) is 54.0 Å². The van der Waals surface area contributed by atoms with Crippen LogP contribution >= 0.6 is 0 Å². The molecule has 1 saturated carbocycles. The lowest BCUT2D eigenvalue weighted by atomic mass is 9.87. The van der Waals surface area contributed by atoms with Gasteiger partial charge in [0.15, 0.2) is 0 Å². The minimum Gasteiger partial charge on any atom is -0.466 e. The van der Waals surface area contributed by atoms with Gasteiger partial charge < -0.3 is 19.5 Å². The first-order valence-corrected chi connectivity index (χ1v) is 18.4. The van der Waals surface area contributed by atoms with Crippen molar-refractivity contribution in [3.05, 3.63) is 117 Å².